The van der Waals surface area contributed by atoms with Crippen LogP contribution in [0.4, 0.5) is 4.79 Å². The Kier molecular flexibility index (Phi) is 6.14. The number of aryl methyl sites for hydroxylation is 1. The summed E-state index contributed by atoms with van der Waals surface area (Å²) in [6.45, 7) is 11.5. The lowest BCUT2D eigenvalue weighted by Gasteiger charge is -2.43. The number of rotatable bonds is 4. The summed E-state index contributed by atoms with van der Waals surface area (Å²) in [5, 5.41) is 2.20. The third-order valence-corrected chi connectivity index (χ3v) is 6.18. The zero-order valence-electron chi connectivity index (χ0n) is 14.9. The number of ether oxygens (including phenoxy) is 1. The number of hydrogen-bond acceptors (Lipinski definition) is 5. The first-order valence-corrected chi connectivity index (χ1v) is 9.96. The Morgan fingerprint density at radius 1 is 1.29 bits per heavy atom. The summed E-state index contributed by atoms with van der Waals surface area (Å²) in [5.41, 5.74) is 1.42. The maximum absolute atomic E-state index is 11.8. The Bertz CT molecular complexity index is 540. The van der Waals surface area contributed by atoms with Gasteiger partial charge in [0.1, 0.15) is 0 Å². The molecular weight excluding hydrogens is 322 g/mol. The number of amides is 1. The Morgan fingerprint density at radius 2 is 2.08 bits per heavy atom. The molecule has 6 heteroatoms. The molecule has 1 aromatic rings. The summed E-state index contributed by atoms with van der Waals surface area (Å²) in [7, 11) is 0. The molecule has 0 radical (unpaired) electrons. The smallest absolute Gasteiger partial charge is 0.409 e. The maximum Gasteiger partial charge on any atom is 0.409 e. The van der Waals surface area contributed by atoms with E-state index in [2.05, 4.69) is 28.2 Å². The van der Waals surface area contributed by atoms with Crippen molar-refractivity contribution in [2.75, 3.05) is 45.9 Å². The minimum atomic E-state index is -0.157. The van der Waals surface area contributed by atoms with Gasteiger partial charge < -0.3 is 9.64 Å². The molecular formula is C18H29N3O2S. The molecule has 1 amide bonds. The summed E-state index contributed by atoms with van der Waals surface area (Å²) in [4.78, 5) is 20.3. The van der Waals surface area contributed by atoms with Crippen LogP contribution in [-0.4, -0.2) is 72.7 Å². The van der Waals surface area contributed by atoms with E-state index < -0.39 is 0 Å². The number of thiophene rings is 1. The van der Waals surface area contributed by atoms with Gasteiger partial charge in [-0.3, -0.25) is 9.80 Å². The molecule has 0 N–H and O–H groups in total. The van der Waals surface area contributed by atoms with Crippen molar-refractivity contribution in [3.63, 3.8) is 0 Å². The fraction of sp³-hybridized carbons (Fsp3) is 0.722. The van der Waals surface area contributed by atoms with Gasteiger partial charge in [-0.25, -0.2) is 4.79 Å². The first kappa shape index (κ1) is 17.7. The maximum atomic E-state index is 11.8. The van der Waals surface area contributed by atoms with E-state index >= 15 is 0 Å². The first-order chi connectivity index (χ1) is 11.7. The van der Waals surface area contributed by atoms with E-state index in [1.807, 2.05) is 23.2 Å². The van der Waals surface area contributed by atoms with Crippen LogP contribution < -0.4 is 0 Å². The van der Waals surface area contributed by atoms with Crippen LogP contribution in [0.15, 0.2) is 11.4 Å². The van der Waals surface area contributed by atoms with Gasteiger partial charge in [-0.15, -0.1) is 11.3 Å². The van der Waals surface area contributed by atoms with Crippen molar-refractivity contribution in [1.82, 2.24) is 14.7 Å². The lowest BCUT2D eigenvalue weighted by molar-refractivity contribution is 0.0414. The van der Waals surface area contributed by atoms with E-state index in [4.69, 9.17) is 4.74 Å². The number of carbonyl (C=O) groups is 1. The molecule has 0 spiro atoms. The van der Waals surface area contributed by atoms with Gasteiger partial charge in [0, 0.05) is 50.2 Å². The number of carbonyl (C=O) groups excluding carboxylic acids is 1. The van der Waals surface area contributed by atoms with Crippen molar-refractivity contribution in [2.45, 2.75) is 39.3 Å². The van der Waals surface area contributed by atoms with E-state index in [9.17, 15) is 4.79 Å². The van der Waals surface area contributed by atoms with Crippen molar-refractivity contribution in [1.29, 1.82) is 0 Å². The molecule has 0 bridgehead atoms. The van der Waals surface area contributed by atoms with Gasteiger partial charge in [0.05, 0.1) is 6.61 Å². The van der Waals surface area contributed by atoms with Crippen LogP contribution in [0, 0.1) is 6.92 Å². The summed E-state index contributed by atoms with van der Waals surface area (Å²) >= 11 is 1.87. The van der Waals surface area contributed by atoms with Crippen LogP contribution in [0.5, 0.6) is 0 Å². The molecule has 5 nitrogen and oxygen atoms in total. The minimum Gasteiger partial charge on any atom is -0.450 e. The predicted molar refractivity (Wildman–Crippen MR) is 97.5 cm³/mol. The zero-order valence-corrected chi connectivity index (χ0v) is 15.7. The molecule has 2 saturated heterocycles. The monoisotopic (exact) mass is 351 g/mol. The van der Waals surface area contributed by atoms with Gasteiger partial charge in [-0.2, -0.15) is 0 Å². The highest BCUT2D eigenvalue weighted by Gasteiger charge is 2.29. The molecule has 0 aromatic carbocycles. The Morgan fingerprint density at radius 3 is 2.75 bits per heavy atom. The van der Waals surface area contributed by atoms with Gasteiger partial charge in [-0.05, 0) is 50.2 Å². The fourth-order valence-corrected chi connectivity index (χ4v) is 4.67. The summed E-state index contributed by atoms with van der Waals surface area (Å²) in [6.07, 6.45) is 2.39. The topological polar surface area (TPSA) is 36.0 Å². The predicted octanol–water partition coefficient (Wildman–Crippen LogP) is 2.80. The van der Waals surface area contributed by atoms with Crippen LogP contribution in [0.1, 0.15) is 30.2 Å². The van der Waals surface area contributed by atoms with Crippen molar-refractivity contribution < 1.29 is 9.53 Å². The molecule has 0 aliphatic carbocycles. The molecule has 1 atom stereocenters. The average Bonchev–Trinajstić information content (AvgIpc) is 3.00. The average molecular weight is 352 g/mol. The van der Waals surface area contributed by atoms with Gasteiger partial charge in [0.2, 0.25) is 0 Å². The molecule has 3 rings (SSSR count). The highest BCUT2D eigenvalue weighted by atomic mass is 32.1. The second-order valence-corrected chi connectivity index (χ2v) is 7.78. The van der Waals surface area contributed by atoms with Gasteiger partial charge in [0.25, 0.3) is 0 Å². The Labute approximate surface area is 149 Å². The van der Waals surface area contributed by atoms with Crippen molar-refractivity contribution >= 4 is 17.4 Å². The molecule has 2 fully saturated rings. The normalized spacial score (nSPS) is 23.4. The van der Waals surface area contributed by atoms with E-state index in [0.29, 0.717) is 12.6 Å². The molecule has 0 unspecified atom stereocenters. The van der Waals surface area contributed by atoms with E-state index in [-0.39, 0.29) is 6.09 Å². The van der Waals surface area contributed by atoms with Crippen molar-refractivity contribution in [2.24, 2.45) is 0 Å². The third kappa shape index (κ3) is 4.29. The molecule has 3 heterocycles. The molecule has 24 heavy (non-hydrogen) atoms. The van der Waals surface area contributed by atoms with Crippen LogP contribution in [0.3, 0.4) is 0 Å². The molecule has 1 aromatic heterocycles. The number of likely N-dealkylation sites (tertiary alicyclic amines) is 1. The van der Waals surface area contributed by atoms with Crippen molar-refractivity contribution in [3.05, 3.63) is 21.9 Å². The molecule has 2 aliphatic heterocycles. The quantitative estimate of drug-likeness (QED) is 0.836. The number of piperazine rings is 1. The highest BCUT2D eigenvalue weighted by molar-refractivity contribution is 7.10. The molecule has 2 aliphatic rings. The highest BCUT2D eigenvalue weighted by Crippen LogP contribution is 2.23. The first-order valence-electron chi connectivity index (χ1n) is 9.08. The van der Waals surface area contributed by atoms with Crippen molar-refractivity contribution in [3.8, 4) is 0 Å². The van der Waals surface area contributed by atoms with Gasteiger partial charge in [0.15, 0.2) is 0 Å². The molecule has 0 saturated carbocycles. The lowest BCUT2D eigenvalue weighted by atomic mass is 10.0. The fourth-order valence-electron chi connectivity index (χ4n) is 3.73. The van der Waals surface area contributed by atoms with Gasteiger partial charge >= 0.3 is 6.09 Å². The Balaban J connectivity index is 1.49. The Hall–Kier alpha value is -1.11. The lowest BCUT2D eigenvalue weighted by Crippen LogP contribution is -2.55. The number of hydrogen-bond donors (Lipinski definition) is 0. The number of nitrogens with zero attached hydrogens (tertiary/aromatic N) is 3. The largest absolute Gasteiger partial charge is 0.450 e. The standard InChI is InChI=1S/C18H29N3O2S/c1-3-23-18(22)21-10-8-20(9-11-21)16-5-4-7-19(13-16)14-17-15(2)6-12-24-17/h6,12,16H,3-5,7-11,13-14H2,1-2H3/t16-/m1/s1. The minimum absolute atomic E-state index is 0.157. The van der Waals surface area contributed by atoms with Gasteiger partial charge in [-0.1, -0.05) is 0 Å². The third-order valence-electron chi connectivity index (χ3n) is 5.17. The zero-order chi connectivity index (χ0) is 16.9. The van der Waals surface area contributed by atoms with Crippen LogP contribution in [0.2, 0.25) is 0 Å². The number of piperidine rings is 1. The second-order valence-electron chi connectivity index (χ2n) is 6.78. The van der Waals surface area contributed by atoms with Crippen LogP contribution in [0.25, 0.3) is 0 Å². The molecule has 134 valence electrons. The SMILES string of the molecule is CCOC(=O)N1CCN([C@@H]2CCCN(Cc3sccc3C)C2)CC1. The summed E-state index contributed by atoms with van der Waals surface area (Å²) < 4.78 is 5.11. The van der Waals surface area contributed by atoms with E-state index in [1.165, 1.54) is 29.8 Å². The van der Waals surface area contributed by atoms with Crippen LogP contribution in [-0.2, 0) is 11.3 Å². The second kappa shape index (κ2) is 8.32. The summed E-state index contributed by atoms with van der Waals surface area (Å²) in [5.74, 6) is 0. The van der Waals surface area contributed by atoms with E-state index in [1.54, 1.807) is 0 Å². The van der Waals surface area contributed by atoms with E-state index in [0.717, 1.165) is 39.3 Å². The summed E-state index contributed by atoms with van der Waals surface area (Å²) in [6, 6.07) is 2.85. The van der Waals surface area contributed by atoms with Crippen LogP contribution >= 0.6 is 11.3 Å².